The maximum Gasteiger partial charge on any atom is 0.227 e. The van der Waals surface area contributed by atoms with E-state index in [4.69, 9.17) is 5.73 Å². The molecule has 0 saturated carbocycles. The molecule has 0 aliphatic rings. The predicted molar refractivity (Wildman–Crippen MR) is 125 cm³/mol. The molecule has 0 spiro atoms. The van der Waals surface area contributed by atoms with E-state index in [1.165, 1.54) is 5.56 Å². The number of amides is 1. The second kappa shape index (κ2) is 9.73. The topological polar surface area (TPSA) is 46.3 Å². The predicted octanol–water partition coefficient (Wildman–Crippen LogP) is 5.40. The van der Waals surface area contributed by atoms with Gasteiger partial charge in [0.05, 0.1) is 5.41 Å². The van der Waals surface area contributed by atoms with E-state index in [9.17, 15) is 4.79 Å². The molecule has 0 bridgehead atoms. The van der Waals surface area contributed by atoms with E-state index < -0.39 is 5.41 Å². The minimum Gasteiger partial charge on any atom is -0.369 e. The van der Waals surface area contributed by atoms with Crippen LogP contribution in [0.2, 0.25) is 0 Å². The fourth-order valence-corrected chi connectivity index (χ4v) is 3.93. The van der Waals surface area contributed by atoms with Gasteiger partial charge in [-0.15, -0.1) is 0 Å². The standard InChI is InChI=1S/C27H32N2O/c1-21(2)29(20-22-12-6-4-7-13-22)19-18-27(3,26(28)30)25-17-11-10-16-24(25)23-14-8-5-9-15-23/h4-17,21H,18-20H2,1-3H3,(H2,28,30). The summed E-state index contributed by atoms with van der Waals surface area (Å²) >= 11 is 0. The zero-order chi connectivity index (χ0) is 21.6. The summed E-state index contributed by atoms with van der Waals surface area (Å²) in [5, 5.41) is 0. The Morgan fingerprint density at radius 2 is 1.47 bits per heavy atom. The van der Waals surface area contributed by atoms with E-state index in [2.05, 4.69) is 61.2 Å². The van der Waals surface area contributed by atoms with Crippen molar-refractivity contribution >= 4 is 5.91 Å². The Morgan fingerprint density at radius 1 is 0.900 bits per heavy atom. The third kappa shape index (κ3) is 4.98. The molecule has 156 valence electrons. The van der Waals surface area contributed by atoms with Crippen LogP contribution in [0.25, 0.3) is 11.1 Å². The van der Waals surface area contributed by atoms with Gasteiger partial charge >= 0.3 is 0 Å². The first-order valence-electron chi connectivity index (χ1n) is 10.6. The van der Waals surface area contributed by atoms with Crippen molar-refractivity contribution in [3.63, 3.8) is 0 Å². The van der Waals surface area contributed by atoms with Crippen LogP contribution >= 0.6 is 0 Å². The summed E-state index contributed by atoms with van der Waals surface area (Å²) in [5.74, 6) is -0.283. The first kappa shape index (κ1) is 21.8. The van der Waals surface area contributed by atoms with E-state index in [0.29, 0.717) is 12.5 Å². The second-order valence-corrected chi connectivity index (χ2v) is 8.41. The molecule has 1 unspecified atom stereocenters. The van der Waals surface area contributed by atoms with Gasteiger partial charge in [-0.1, -0.05) is 84.9 Å². The molecule has 3 nitrogen and oxygen atoms in total. The minimum atomic E-state index is -0.754. The molecule has 3 rings (SSSR count). The van der Waals surface area contributed by atoms with Gasteiger partial charge in [0.2, 0.25) is 5.91 Å². The number of primary amides is 1. The van der Waals surface area contributed by atoms with Crippen LogP contribution in [0.5, 0.6) is 0 Å². The molecule has 0 radical (unpaired) electrons. The summed E-state index contributed by atoms with van der Waals surface area (Å²) < 4.78 is 0. The molecular formula is C27H32N2O. The Kier molecular flexibility index (Phi) is 7.07. The fourth-order valence-electron chi connectivity index (χ4n) is 3.93. The zero-order valence-corrected chi connectivity index (χ0v) is 18.2. The molecule has 2 N–H and O–H groups in total. The van der Waals surface area contributed by atoms with Gasteiger partial charge < -0.3 is 5.73 Å². The van der Waals surface area contributed by atoms with Crippen molar-refractivity contribution in [2.24, 2.45) is 5.73 Å². The van der Waals surface area contributed by atoms with Gasteiger partial charge in [0.15, 0.2) is 0 Å². The van der Waals surface area contributed by atoms with E-state index in [1.807, 2.05) is 49.4 Å². The quantitative estimate of drug-likeness (QED) is 0.523. The number of hydrogen-bond donors (Lipinski definition) is 1. The van der Waals surface area contributed by atoms with E-state index in [1.54, 1.807) is 0 Å². The number of carbonyl (C=O) groups is 1. The summed E-state index contributed by atoms with van der Waals surface area (Å²) in [5.41, 5.74) is 9.69. The number of hydrogen-bond acceptors (Lipinski definition) is 2. The summed E-state index contributed by atoms with van der Waals surface area (Å²) in [6.07, 6.45) is 0.664. The zero-order valence-electron chi connectivity index (χ0n) is 18.2. The third-order valence-corrected chi connectivity index (χ3v) is 6.01. The number of carbonyl (C=O) groups excluding carboxylic acids is 1. The van der Waals surface area contributed by atoms with Gasteiger partial charge in [-0.05, 0) is 49.4 Å². The first-order chi connectivity index (χ1) is 14.4. The number of nitrogens with zero attached hydrogens (tertiary/aromatic N) is 1. The van der Waals surface area contributed by atoms with Crippen molar-refractivity contribution < 1.29 is 4.79 Å². The van der Waals surface area contributed by atoms with Gasteiger partial charge in [-0.25, -0.2) is 0 Å². The van der Waals surface area contributed by atoms with Crippen molar-refractivity contribution in [3.05, 3.63) is 96.1 Å². The van der Waals surface area contributed by atoms with Gasteiger partial charge in [0.1, 0.15) is 0 Å². The van der Waals surface area contributed by atoms with Crippen LogP contribution in [0, 0.1) is 0 Å². The smallest absolute Gasteiger partial charge is 0.227 e. The molecule has 0 aliphatic carbocycles. The highest BCUT2D eigenvalue weighted by Gasteiger charge is 2.35. The van der Waals surface area contributed by atoms with Crippen LogP contribution in [-0.2, 0) is 16.8 Å². The van der Waals surface area contributed by atoms with E-state index in [0.717, 1.165) is 29.8 Å². The average molecular weight is 401 g/mol. The molecule has 0 heterocycles. The number of rotatable bonds is 9. The Balaban J connectivity index is 1.89. The Morgan fingerprint density at radius 3 is 2.07 bits per heavy atom. The van der Waals surface area contributed by atoms with Crippen LogP contribution in [0.15, 0.2) is 84.9 Å². The normalized spacial score (nSPS) is 13.4. The summed E-state index contributed by atoms with van der Waals surface area (Å²) in [6, 6.07) is 29.2. The highest BCUT2D eigenvalue weighted by atomic mass is 16.1. The molecule has 3 aromatic carbocycles. The lowest BCUT2D eigenvalue weighted by Gasteiger charge is -2.34. The van der Waals surface area contributed by atoms with E-state index >= 15 is 0 Å². The second-order valence-electron chi connectivity index (χ2n) is 8.41. The van der Waals surface area contributed by atoms with Gasteiger partial charge in [0, 0.05) is 19.1 Å². The third-order valence-electron chi connectivity index (χ3n) is 6.01. The van der Waals surface area contributed by atoms with Crippen LogP contribution < -0.4 is 5.73 Å². The minimum absolute atomic E-state index is 0.283. The molecule has 1 amide bonds. The molecule has 0 saturated heterocycles. The monoisotopic (exact) mass is 400 g/mol. The van der Waals surface area contributed by atoms with Gasteiger partial charge in [0.25, 0.3) is 0 Å². The van der Waals surface area contributed by atoms with Crippen molar-refractivity contribution in [1.82, 2.24) is 4.90 Å². The van der Waals surface area contributed by atoms with Gasteiger partial charge in [-0.3, -0.25) is 9.69 Å². The SMILES string of the molecule is CC(C)N(CCC(C)(C(N)=O)c1ccccc1-c1ccccc1)Cc1ccccc1. The lowest BCUT2D eigenvalue weighted by molar-refractivity contribution is -0.123. The van der Waals surface area contributed by atoms with Crippen LogP contribution in [-0.4, -0.2) is 23.4 Å². The lowest BCUT2D eigenvalue weighted by Crippen LogP contribution is -2.43. The highest BCUT2D eigenvalue weighted by molar-refractivity contribution is 5.89. The molecule has 0 aliphatic heterocycles. The largest absolute Gasteiger partial charge is 0.369 e. The summed E-state index contributed by atoms with van der Waals surface area (Å²) in [7, 11) is 0. The maximum atomic E-state index is 12.7. The molecular weight excluding hydrogens is 368 g/mol. The van der Waals surface area contributed by atoms with Crippen molar-refractivity contribution in [1.29, 1.82) is 0 Å². The Labute approximate surface area is 180 Å². The van der Waals surface area contributed by atoms with Crippen molar-refractivity contribution in [2.75, 3.05) is 6.54 Å². The van der Waals surface area contributed by atoms with Crippen molar-refractivity contribution in [2.45, 2.75) is 45.2 Å². The Hall–Kier alpha value is -2.91. The van der Waals surface area contributed by atoms with Crippen LogP contribution in [0.1, 0.15) is 38.3 Å². The van der Waals surface area contributed by atoms with E-state index in [-0.39, 0.29) is 5.91 Å². The molecule has 0 fully saturated rings. The molecule has 0 aromatic heterocycles. The average Bonchev–Trinajstić information content (AvgIpc) is 2.77. The molecule has 3 heteroatoms. The van der Waals surface area contributed by atoms with Crippen LogP contribution in [0.3, 0.4) is 0 Å². The molecule has 30 heavy (non-hydrogen) atoms. The lowest BCUT2D eigenvalue weighted by atomic mass is 9.75. The van der Waals surface area contributed by atoms with Crippen LogP contribution in [0.4, 0.5) is 0 Å². The fraction of sp³-hybridized carbons (Fsp3) is 0.296. The maximum absolute atomic E-state index is 12.7. The van der Waals surface area contributed by atoms with Crippen molar-refractivity contribution in [3.8, 4) is 11.1 Å². The molecule has 3 aromatic rings. The first-order valence-corrected chi connectivity index (χ1v) is 10.6. The number of benzene rings is 3. The summed E-state index contributed by atoms with van der Waals surface area (Å²) in [6.45, 7) is 8.02. The summed E-state index contributed by atoms with van der Waals surface area (Å²) in [4.78, 5) is 15.2. The Bertz CT molecular complexity index is 953. The molecule has 1 atom stereocenters. The highest BCUT2D eigenvalue weighted by Crippen LogP contribution is 2.36. The van der Waals surface area contributed by atoms with Gasteiger partial charge in [-0.2, -0.15) is 0 Å². The number of nitrogens with two attached hydrogens (primary N) is 1.